The molecule has 0 radical (unpaired) electrons. The topological polar surface area (TPSA) is 115 Å². The minimum absolute atomic E-state index is 0.0431. The second-order valence-corrected chi connectivity index (χ2v) is 8.99. The molecule has 12 heteroatoms. The molecular weight excluding hydrogens is 524 g/mol. The minimum Gasteiger partial charge on any atom is -0.481 e. The van der Waals surface area contributed by atoms with E-state index >= 15 is 0 Å². The first kappa shape index (κ1) is 29.3. The van der Waals surface area contributed by atoms with Crippen molar-refractivity contribution in [2.45, 2.75) is 39.2 Å². The van der Waals surface area contributed by atoms with E-state index in [-0.39, 0.29) is 24.7 Å². The van der Waals surface area contributed by atoms with Crippen LogP contribution in [-0.2, 0) is 21.4 Å². The summed E-state index contributed by atoms with van der Waals surface area (Å²) in [6.45, 7) is 2.22. The molecule has 1 amide bonds. The molecule has 0 saturated heterocycles. The number of aliphatic carboxylic acids is 1. The lowest BCUT2D eigenvalue weighted by Gasteiger charge is -2.20. The van der Waals surface area contributed by atoms with Crippen molar-refractivity contribution >= 4 is 34.3 Å². The number of carboxylic acid groups (broad SMARTS) is 1. The maximum Gasteiger partial charge on any atom is 0.305 e. The maximum atomic E-state index is 13.8. The van der Waals surface area contributed by atoms with Gasteiger partial charge in [0.1, 0.15) is 12.6 Å². The first-order chi connectivity index (χ1) is 18.4. The van der Waals surface area contributed by atoms with Gasteiger partial charge in [-0.1, -0.05) is 25.1 Å². The van der Waals surface area contributed by atoms with E-state index in [1.165, 1.54) is 0 Å². The van der Waals surface area contributed by atoms with E-state index < -0.39 is 71.7 Å². The summed E-state index contributed by atoms with van der Waals surface area (Å²) in [6, 6.07) is 5.63. The highest BCUT2D eigenvalue weighted by molar-refractivity contribution is 6.04. The standard InChI is InChI=1S/C27H26F4N2O6/c1-4-14(9-20(34)25-13(2)15-7-5-6-8-19(15)33(25)3)27(38)32-18(11-22(36)37)21(35)12-39-26-23(30)16(28)10-17(29)24(26)31/h5-8,10,14,18H,4,9,11-12H2,1-3H3,(H,32,38)(H,36,37)/t14?,18-/m0/s1. The van der Waals surface area contributed by atoms with Gasteiger partial charge in [0.2, 0.25) is 17.5 Å². The zero-order valence-electron chi connectivity index (χ0n) is 21.3. The number of halogens is 4. The number of fused-ring (bicyclic) bond motifs is 1. The molecule has 0 aliphatic heterocycles. The predicted molar refractivity (Wildman–Crippen MR) is 131 cm³/mol. The van der Waals surface area contributed by atoms with Crippen molar-refractivity contribution in [3.63, 3.8) is 0 Å². The number of aryl methyl sites for hydroxylation is 2. The lowest BCUT2D eigenvalue weighted by molar-refractivity contribution is -0.140. The number of nitrogens with zero attached hydrogens (tertiary/aromatic N) is 1. The Balaban J connectivity index is 1.75. The van der Waals surface area contributed by atoms with Crippen LogP contribution in [0.25, 0.3) is 10.9 Å². The van der Waals surface area contributed by atoms with E-state index in [0.717, 1.165) is 16.5 Å². The van der Waals surface area contributed by atoms with Crippen LogP contribution in [0.5, 0.6) is 5.75 Å². The molecule has 39 heavy (non-hydrogen) atoms. The van der Waals surface area contributed by atoms with Crippen LogP contribution in [0.1, 0.15) is 42.2 Å². The van der Waals surface area contributed by atoms with Crippen molar-refractivity contribution in [2.24, 2.45) is 13.0 Å². The molecule has 0 saturated carbocycles. The number of hydrogen-bond acceptors (Lipinski definition) is 5. The van der Waals surface area contributed by atoms with E-state index in [0.29, 0.717) is 5.69 Å². The van der Waals surface area contributed by atoms with Gasteiger partial charge in [0.15, 0.2) is 29.0 Å². The number of Topliss-reactive ketones (excluding diaryl/α,β-unsaturated/α-hetero) is 2. The van der Waals surface area contributed by atoms with Crippen molar-refractivity contribution < 1.29 is 46.6 Å². The lowest BCUT2D eigenvalue weighted by atomic mass is 9.95. The van der Waals surface area contributed by atoms with E-state index in [1.54, 1.807) is 25.5 Å². The molecule has 1 heterocycles. The summed E-state index contributed by atoms with van der Waals surface area (Å²) in [6.07, 6.45) is -0.982. The van der Waals surface area contributed by atoms with Crippen LogP contribution in [0, 0.1) is 36.1 Å². The molecule has 208 valence electrons. The van der Waals surface area contributed by atoms with Crippen LogP contribution >= 0.6 is 0 Å². The highest BCUT2D eigenvalue weighted by Gasteiger charge is 2.30. The van der Waals surface area contributed by atoms with Crippen molar-refractivity contribution in [3.8, 4) is 5.75 Å². The summed E-state index contributed by atoms with van der Waals surface area (Å²) in [4.78, 5) is 50.1. The molecular formula is C27H26F4N2O6. The van der Waals surface area contributed by atoms with Crippen LogP contribution in [0.15, 0.2) is 30.3 Å². The van der Waals surface area contributed by atoms with Gasteiger partial charge in [0.25, 0.3) is 0 Å². The number of ketones is 2. The molecule has 0 aliphatic rings. The Morgan fingerprint density at radius 2 is 1.64 bits per heavy atom. The first-order valence-electron chi connectivity index (χ1n) is 11.9. The van der Waals surface area contributed by atoms with Crippen molar-refractivity contribution in [2.75, 3.05) is 6.61 Å². The van der Waals surface area contributed by atoms with Gasteiger partial charge in [0.05, 0.1) is 12.1 Å². The summed E-state index contributed by atoms with van der Waals surface area (Å²) in [5, 5.41) is 12.3. The van der Waals surface area contributed by atoms with Gasteiger partial charge in [-0.05, 0) is 25.0 Å². The Kier molecular flexibility index (Phi) is 9.10. The van der Waals surface area contributed by atoms with Crippen molar-refractivity contribution in [1.29, 1.82) is 0 Å². The third-order valence-electron chi connectivity index (χ3n) is 6.43. The molecule has 3 rings (SSSR count). The predicted octanol–water partition coefficient (Wildman–Crippen LogP) is 4.25. The van der Waals surface area contributed by atoms with Crippen molar-refractivity contribution in [3.05, 3.63) is 64.9 Å². The van der Waals surface area contributed by atoms with Gasteiger partial charge in [-0.3, -0.25) is 19.2 Å². The van der Waals surface area contributed by atoms with Crippen LogP contribution in [0.3, 0.4) is 0 Å². The highest BCUT2D eigenvalue weighted by Crippen LogP contribution is 2.28. The third kappa shape index (κ3) is 6.27. The Hall–Kier alpha value is -4.22. The number of amides is 1. The quantitative estimate of drug-likeness (QED) is 0.198. The normalized spacial score (nSPS) is 12.7. The fraction of sp³-hybridized carbons (Fsp3) is 0.333. The number of nitrogens with one attached hydrogen (secondary N) is 1. The molecule has 0 fully saturated rings. The molecule has 1 aromatic heterocycles. The smallest absolute Gasteiger partial charge is 0.305 e. The minimum atomic E-state index is -1.88. The molecule has 1 unspecified atom stereocenters. The van der Waals surface area contributed by atoms with Gasteiger partial charge >= 0.3 is 5.97 Å². The molecule has 8 nitrogen and oxygen atoms in total. The monoisotopic (exact) mass is 550 g/mol. The molecule has 2 N–H and O–H groups in total. The summed E-state index contributed by atoms with van der Waals surface area (Å²) in [7, 11) is 1.72. The Bertz CT molecular complexity index is 1390. The summed E-state index contributed by atoms with van der Waals surface area (Å²) in [5.41, 5.74) is 1.96. The molecule has 0 aliphatic carbocycles. The van der Waals surface area contributed by atoms with Crippen LogP contribution in [-0.4, -0.2) is 45.8 Å². The van der Waals surface area contributed by atoms with Crippen LogP contribution in [0.4, 0.5) is 17.6 Å². The third-order valence-corrected chi connectivity index (χ3v) is 6.43. The number of benzene rings is 2. The summed E-state index contributed by atoms with van der Waals surface area (Å²) < 4.78 is 60.8. The molecule has 3 aromatic rings. The zero-order valence-corrected chi connectivity index (χ0v) is 21.3. The lowest BCUT2D eigenvalue weighted by Crippen LogP contribution is -2.46. The zero-order chi connectivity index (χ0) is 29.0. The molecule has 2 atom stereocenters. The summed E-state index contributed by atoms with van der Waals surface area (Å²) in [5.74, 6) is -13.5. The number of rotatable bonds is 12. The number of para-hydroxylation sites is 1. The van der Waals surface area contributed by atoms with Gasteiger partial charge in [-0.2, -0.15) is 8.78 Å². The molecule has 0 spiro atoms. The van der Waals surface area contributed by atoms with E-state index in [4.69, 9.17) is 0 Å². The largest absolute Gasteiger partial charge is 0.481 e. The maximum absolute atomic E-state index is 13.8. The highest BCUT2D eigenvalue weighted by atomic mass is 19.2. The van der Waals surface area contributed by atoms with E-state index in [2.05, 4.69) is 10.1 Å². The van der Waals surface area contributed by atoms with E-state index in [1.807, 2.05) is 24.3 Å². The average molecular weight is 551 g/mol. The Labute approximate surface area is 220 Å². The average Bonchev–Trinajstić information content (AvgIpc) is 3.14. The Morgan fingerprint density at radius 3 is 2.21 bits per heavy atom. The number of carbonyl (C=O) groups is 4. The fourth-order valence-electron chi connectivity index (χ4n) is 4.35. The van der Waals surface area contributed by atoms with Crippen molar-refractivity contribution in [1.82, 2.24) is 9.88 Å². The van der Waals surface area contributed by atoms with Crippen LogP contribution in [0.2, 0.25) is 0 Å². The second-order valence-electron chi connectivity index (χ2n) is 8.99. The first-order valence-corrected chi connectivity index (χ1v) is 11.9. The molecule has 2 aromatic carbocycles. The van der Waals surface area contributed by atoms with Gasteiger partial charge in [0, 0.05) is 36.4 Å². The summed E-state index contributed by atoms with van der Waals surface area (Å²) >= 11 is 0. The SMILES string of the molecule is CCC(CC(=O)c1c(C)c2ccccc2n1C)C(=O)N[C@@H](CC(=O)O)C(=O)COc1c(F)c(F)cc(F)c1F. The Morgan fingerprint density at radius 1 is 1.03 bits per heavy atom. The van der Waals surface area contributed by atoms with Crippen LogP contribution < -0.4 is 10.1 Å². The van der Waals surface area contributed by atoms with Gasteiger partial charge < -0.3 is 19.7 Å². The molecule has 0 bridgehead atoms. The number of carboxylic acids is 1. The second kappa shape index (κ2) is 12.1. The van der Waals surface area contributed by atoms with E-state index in [9.17, 15) is 41.8 Å². The fourth-order valence-corrected chi connectivity index (χ4v) is 4.35. The number of aromatic nitrogens is 1. The number of ether oxygens (including phenoxy) is 1. The number of carbonyl (C=O) groups excluding carboxylic acids is 3. The van der Waals surface area contributed by atoms with Gasteiger partial charge in [-0.25, -0.2) is 8.78 Å². The van der Waals surface area contributed by atoms with Gasteiger partial charge in [-0.15, -0.1) is 0 Å². The number of hydrogen-bond donors (Lipinski definition) is 2.